The SMILES string of the molecule is Cc1cccc(COc2c(Br)cc(/C=C3/C(=O)NN(c4ccccc4)C3=O)cc2Br)c1. The van der Waals surface area contributed by atoms with Crippen LogP contribution in [0.1, 0.15) is 16.7 Å². The Bertz CT molecular complexity index is 1170. The minimum absolute atomic E-state index is 0.0658. The average molecular weight is 542 g/mol. The molecule has 156 valence electrons. The number of halogens is 2. The first-order valence-corrected chi connectivity index (χ1v) is 11.1. The summed E-state index contributed by atoms with van der Waals surface area (Å²) in [7, 11) is 0. The number of ether oxygens (including phenoxy) is 1. The Balaban J connectivity index is 1.56. The number of carbonyl (C=O) groups is 2. The highest BCUT2D eigenvalue weighted by atomic mass is 79.9. The fraction of sp³-hybridized carbons (Fsp3) is 0.0833. The van der Waals surface area contributed by atoms with Gasteiger partial charge in [-0.25, -0.2) is 5.01 Å². The Morgan fingerprint density at radius 3 is 2.35 bits per heavy atom. The van der Waals surface area contributed by atoms with E-state index in [0.717, 1.165) is 5.56 Å². The molecule has 3 aromatic carbocycles. The smallest absolute Gasteiger partial charge is 0.282 e. The van der Waals surface area contributed by atoms with Crippen LogP contribution in [0.2, 0.25) is 0 Å². The zero-order valence-corrected chi connectivity index (χ0v) is 19.7. The van der Waals surface area contributed by atoms with E-state index in [2.05, 4.69) is 43.4 Å². The fourth-order valence-electron chi connectivity index (χ4n) is 3.24. The van der Waals surface area contributed by atoms with Crippen LogP contribution in [0.25, 0.3) is 6.08 Å². The molecule has 1 aliphatic heterocycles. The summed E-state index contributed by atoms with van der Waals surface area (Å²) in [6.45, 7) is 2.46. The van der Waals surface area contributed by atoms with Gasteiger partial charge in [0.15, 0.2) is 0 Å². The summed E-state index contributed by atoms with van der Waals surface area (Å²) in [6, 6.07) is 20.7. The minimum atomic E-state index is -0.444. The van der Waals surface area contributed by atoms with E-state index in [-0.39, 0.29) is 5.57 Å². The topological polar surface area (TPSA) is 58.6 Å². The maximum atomic E-state index is 12.8. The molecule has 0 spiro atoms. The van der Waals surface area contributed by atoms with E-state index in [1.54, 1.807) is 30.3 Å². The van der Waals surface area contributed by atoms with Crippen molar-refractivity contribution in [3.05, 3.63) is 97.9 Å². The largest absolute Gasteiger partial charge is 0.487 e. The van der Waals surface area contributed by atoms with Crippen molar-refractivity contribution in [2.75, 3.05) is 5.01 Å². The molecule has 7 heteroatoms. The first-order chi connectivity index (χ1) is 14.9. The standard InChI is InChI=1S/C24H18Br2N2O3/c1-15-6-5-7-16(10-15)14-31-22-20(25)12-17(13-21(22)26)11-19-23(29)27-28(24(19)30)18-8-3-2-4-9-18/h2-13H,14H2,1H3,(H,27,29)/b19-11-. The summed E-state index contributed by atoms with van der Waals surface area (Å²) in [6.07, 6.45) is 1.57. The summed E-state index contributed by atoms with van der Waals surface area (Å²) in [5.74, 6) is -0.194. The molecule has 31 heavy (non-hydrogen) atoms. The Hall–Kier alpha value is -2.90. The van der Waals surface area contributed by atoms with Crippen LogP contribution in [-0.4, -0.2) is 11.8 Å². The predicted molar refractivity (Wildman–Crippen MR) is 127 cm³/mol. The van der Waals surface area contributed by atoms with E-state index in [1.807, 2.05) is 43.3 Å². The Labute approximate surface area is 196 Å². The van der Waals surface area contributed by atoms with Crippen LogP contribution in [-0.2, 0) is 16.2 Å². The van der Waals surface area contributed by atoms with Gasteiger partial charge in [-0.15, -0.1) is 0 Å². The Kier molecular flexibility index (Phi) is 6.25. The Morgan fingerprint density at radius 2 is 1.68 bits per heavy atom. The summed E-state index contributed by atoms with van der Waals surface area (Å²) in [5, 5.41) is 1.25. The van der Waals surface area contributed by atoms with Crippen molar-refractivity contribution >= 4 is 55.4 Å². The van der Waals surface area contributed by atoms with Crippen molar-refractivity contribution in [2.24, 2.45) is 0 Å². The molecule has 0 aromatic heterocycles. The number of para-hydroxylation sites is 1. The van der Waals surface area contributed by atoms with Crippen LogP contribution in [0, 0.1) is 6.92 Å². The van der Waals surface area contributed by atoms with E-state index in [0.29, 0.717) is 32.6 Å². The third-order valence-corrected chi connectivity index (χ3v) is 5.88. The first-order valence-electron chi connectivity index (χ1n) is 9.52. The molecule has 0 aliphatic carbocycles. The number of aryl methyl sites for hydroxylation is 1. The van der Waals surface area contributed by atoms with Crippen molar-refractivity contribution in [2.45, 2.75) is 13.5 Å². The molecule has 1 fully saturated rings. The second-order valence-corrected chi connectivity index (χ2v) is 8.78. The molecule has 0 bridgehead atoms. The molecule has 4 rings (SSSR count). The molecule has 1 aliphatic rings. The van der Waals surface area contributed by atoms with Gasteiger partial charge in [-0.05, 0) is 80.3 Å². The average Bonchev–Trinajstić information content (AvgIpc) is 3.02. The number of hydrazine groups is 1. The van der Waals surface area contributed by atoms with Gasteiger partial charge < -0.3 is 4.74 Å². The lowest BCUT2D eigenvalue weighted by Gasteiger charge is -2.14. The van der Waals surface area contributed by atoms with Crippen LogP contribution < -0.4 is 15.2 Å². The monoisotopic (exact) mass is 540 g/mol. The molecule has 1 N–H and O–H groups in total. The molecular formula is C24H18Br2N2O3. The number of hydrogen-bond donors (Lipinski definition) is 1. The van der Waals surface area contributed by atoms with Gasteiger partial charge in [0, 0.05) is 0 Å². The van der Waals surface area contributed by atoms with Crippen LogP contribution >= 0.6 is 31.9 Å². The van der Waals surface area contributed by atoms with E-state index in [4.69, 9.17) is 4.74 Å². The lowest BCUT2D eigenvalue weighted by molar-refractivity contribution is -0.117. The van der Waals surface area contributed by atoms with E-state index < -0.39 is 11.8 Å². The molecule has 0 unspecified atom stereocenters. The summed E-state index contributed by atoms with van der Waals surface area (Å²) in [5.41, 5.74) is 6.20. The third kappa shape index (κ3) is 4.73. The number of hydrogen-bond acceptors (Lipinski definition) is 3. The van der Waals surface area contributed by atoms with Crippen LogP contribution in [0.5, 0.6) is 5.75 Å². The molecule has 1 heterocycles. The highest BCUT2D eigenvalue weighted by Crippen LogP contribution is 2.36. The molecule has 0 atom stereocenters. The third-order valence-electron chi connectivity index (χ3n) is 4.70. The molecule has 5 nitrogen and oxygen atoms in total. The molecule has 2 amide bonds. The van der Waals surface area contributed by atoms with Gasteiger partial charge in [0.25, 0.3) is 11.8 Å². The quantitative estimate of drug-likeness (QED) is 0.340. The van der Waals surface area contributed by atoms with Gasteiger partial charge in [0.1, 0.15) is 17.9 Å². The first kappa shape index (κ1) is 21.3. The van der Waals surface area contributed by atoms with Crippen molar-refractivity contribution in [1.29, 1.82) is 0 Å². The highest BCUT2D eigenvalue weighted by molar-refractivity contribution is 9.11. The highest BCUT2D eigenvalue weighted by Gasteiger charge is 2.34. The van der Waals surface area contributed by atoms with Crippen LogP contribution in [0.4, 0.5) is 5.69 Å². The number of nitrogens with one attached hydrogen (secondary N) is 1. The van der Waals surface area contributed by atoms with Gasteiger partial charge in [-0.3, -0.25) is 15.0 Å². The van der Waals surface area contributed by atoms with Crippen LogP contribution in [0.15, 0.2) is 81.2 Å². The maximum Gasteiger partial charge on any atom is 0.282 e. The number of anilines is 1. The van der Waals surface area contributed by atoms with Crippen molar-refractivity contribution < 1.29 is 14.3 Å². The molecule has 3 aromatic rings. The normalized spacial score (nSPS) is 14.8. The Morgan fingerprint density at radius 1 is 0.968 bits per heavy atom. The number of rotatable bonds is 5. The maximum absolute atomic E-state index is 12.8. The van der Waals surface area contributed by atoms with E-state index >= 15 is 0 Å². The molecule has 0 saturated carbocycles. The van der Waals surface area contributed by atoms with Crippen molar-refractivity contribution in [3.63, 3.8) is 0 Å². The lowest BCUT2D eigenvalue weighted by Crippen LogP contribution is -2.35. The van der Waals surface area contributed by atoms with Gasteiger partial charge in [-0.2, -0.15) is 0 Å². The molecule has 0 radical (unpaired) electrons. The number of carbonyl (C=O) groups excluding carboxylic acids is 2. The minimum Gasteiger partial charge on any atom is -0.487 e. The number of amides is 2. The number of nitrogens with zero attached hydrogens (tertiary/aromatic N) is 1. The van der Waals surface area contributed by atoms with Crippen molar-refractivity contribution in [3.8, 4) is 5.75 Å². The zero-order valence-electron chi connectivity index (χ0n) is 16.6. The van der Waals surface area contributed by atoms with E-state index in [1.165, 1.54) is 10.6 Å². The zero-order chi connectivity index (χ0) is 22.0. The summed E-state index contributed by atoms with van der Waals surface area (Å²) in [4.78, 5) is 25.2. The summed E-state index contributed by atoms with van der Waals surface area (Å²) < 4.78 is 7.41. The van der Waals surface area contributed by atoms with E-state index in [9.17, 15) is 9.59 Å². The molecular weight excluding hydrogens is 524 g/mol. The predicted octanol–water partition coefficient (Wildman–Crippen LogP) is 5.56. The van der Waals surface area contributed by atoms with Gasteiger partial charge in [0.2, 0.25) is 0 Å². The van der Waals surface area contributed by atoms with Crippen LogP contribution in [0.3, 0.4) is 0 Å². The van der Waals surface area contributed by atoms with Gasteiger partial charge >= 0.3 is 0 Å². The second-order valence-electron chi connectivity index (χ2n) is 7.07. The fourth-order valence-corrected chi connectivity index (χ4v) is 4.69. The summed E-state index contributed by atoms with van der Waals surface area (Å²) >= 11 is 7.07. The van der Waals surface area contributed by atoms with Crippen molar-refractivity contribution in [1.82, 2.24) is 5.43 Å². The number of benzene rings is 3. The second kappa shape index (κ2) is 9.08. The van der Waals surface area contributed by atoms with Gasteiger partial charge in [-0.1, -0.05) is 48.0 Å². The van der Waals surface area contributed by atoms with Gasteiger partial charge in [0.05, 0.1) is 14.6 Å². The molecule has 1 saturated heterocycles. The lowest BCUT2D eigenvalue weighted by atomic mass is 10.1.